The van der Waals surface area contributed by atoms with Crippen molar-refractivity contribution in [3.05, 3.63) is 125 Å². The number of rotatable bonds is 18. The molecular formula is C45H48N6O7S. The summed E-state index contributed by atoms with van der Waals surface area (Å²) in [5.74, 6) is 0.319. The Bertz CT molecular complexity index is 2580. The van der Waals surface area contributed by atoms with Gasteiger partial charge in [-0.05, 0) is 85.8 Å². The zero-order valence-corrected chi connectivity index (χ0v) is 34.4. The van der Waals surface area contributed by atoms with Crippen molar-refractivity contribution in [3.63, 3.8) is 0 Å². The molecule has 3 aliphatic rings. The molecule has 3 aromatic heterocycles. The SMILES string of the molecule is Cc1cccc(C)c1-c1cc(OCC(CC23CC(C2)C3)NCc2cnc3oc(C(C)(C)COCc4ccccc4)cc3n2)nc(NS(=O)(=O)c2cccc(C(=O)O)c2)n1. The van der Waals surface area contributed by atoms with Crippen molar-refractivity contribution in [1.82, 2.24) is 25.3 Å². The van der Waals surface area contributed by atoms with Gasteiger partial charge in [0.2, 0.25) is 17.5 Å². The van der Waals surface area contributed by atoms with Crippen LogP contribution in [-0.2, 0) is 33.3 Å². The minimum absolute atomic E-state index is 0.0770. The van der Waals surface area contributed by atoms with Crippen LogP contribution in [0, 0.1) is 25.2 Å². The number of aromatic nitrogens is 4. The highest BCUT2D eigenvalue weighted by molar-refractivity contribution is 7.92. The van der Waals surface area contributed by atoms with E-state index in [0.29, 0.717) is 36.7 Å². The van der Waals surface area contributed by atoms with Gasteiger partial charge in [0.1, 0.15) is 17.9 Å². The van der Waals surface area contributed by atoms with E-state index in [0.717, 1.165) is 52.1 Å². The Morgan fingerprint density at radius 2 is 1.71 bits per heavy atom. The summed E-state index contributed by atoms with van der Waals surface area (Å²) < 4.78 is 48.1. The molecule has 9 rings (SSSR count). The second-order valence-corrected chi connectivity index (χ2v) is 18.4. The molecule has 0 spiro atoms. The topological polar surface area (TPSA) is 179 Å². The average molecular weight is 817 g/mol. The third-order valence-electron chi connectivity index (χ3n) is 11.4. The van der Waals surface area contributed by atoms with Crippen molar-refractivity contribution >= 4 is 33.2 Å². The maximum atomic E-state index is 13.5. The molecular weight excluding hydrogens is 769 g/mol. The largest absolute Gasteiger partial charge is 0.478 e. The number of hydrogen-bond donors (Lipinski definition) is 3. The zero-order valence-electron chi connectivity index (χ0n) is 33.6. The van der Waals surface area contributed by atoms with Crippen molar-refractivity contribution in [3.8, 4) is 17.1 Å². The van der Waals surface area contributed by atoms with E-state index in [1.54, 1.807) is 12.3 Å². The van der Waals surface area contributed by atoms with Crippen molar-refractivity contribution in [2.75, 3.05) is 17.9 Å². The quantitative estimate of drug-likeness (QED) is 0.0762. The van der Waals surface area contributed by atoms with Crippen LogP contribution < -0.4 is 14.8 Å². The first-order valence-electron chi connectivity index (χ1n) is 19.8. The smallest absolute Gasteiger partial charge is 0.335 e. The minimum Gasteiger partial charge on any atom is -0.478 e. The van der Waals surface area contributed by atoms with Gasteiger partial charge in [-0.15, -0.1) is 0 Å². The number of carboxylic acids is 1. The van der Waals surface area contributed by atoms with Crippen LogP contribution in [0.4, 0.5) is 5.95 Å². The molecule has 0 amide bonds. The number of fused-ring (bicyclic) bond motifs is 1. The van der Waals surface area contributed by atoms with Crippen LogP contribution in [0.5, 0.6) is 5.88 Å². The second kappa shape index (κ2) is 16.2. The lowest BCUT2D eigenvalue weighted by Crippen LogP contribution is -2.55. The number of benzene rings is 3. The molecule has 3 N–H and O–H groups in total. The lowest BCUT2D eigenvalue weighted by Gasteiger charge is -2.63. The summed E-state index contributed by atoms with van der Waals surface area (Å²) in [5, 5.41) is 13.1. The van der Waals surface area contributed by atoms with Crippen LogP contribution in [-0.4, -0.2) is 58.7 Å². The molecule has 1 atom stereocenters. The molecule has 59 heavy (non-hydrogen) atoms. The highest BCUT2D eigenvalue weighted by Gasteiger charge is 2.56. The van der Waals surface area contributed by atoms with E-state index in [2.05, 4.69) is 38.8 Å². The molecule has 3 aromatic carbocycles. The van der Waals surface area contributed by atoms with Gasteiger partial charge in [-0.3, -0.25) is 0 Å². The number of ether oxygens (including phenoxy) is 2. The summed E-state index contributed by atoms with van der Waals surface area (Å²) in [5.41, 5.74) is 5.96. The summed E-state index contributed by atoms with van der Waals surface area (Å²) in [6.07, 6.45) is 6.25. The predicted octanol–water partition coefficient (Wildman–Crippen LogP) is 8.02. The lowest BCUT2D eigenvalue weighted by molar-refractivity contribution is -0.119. The van der Waals surface area contributed by atoms with Gasteiger partial charge < -0.3 is 24.3 Å². The van der Waals surface area contributed by atoms with Crippen molar-refractivity contribution in [2.45, 2.75) is 82.9 Å². The first-order valence-corrected chi connectivity index (χ1v) is 21.3. The van der Waals surface area contributed by atoms with E-state index in [-0.39, 0.29) is 40.4 Å². The number of anilines is 1. The second-order valence-electron chi connectivity index (χ2n) is 16.7. The Balaban J connectivity index is 0.996. The van der Waals surface area contributed by atoms with E-state index in [1.807, 2.05) is 68.4 Å². The molecule has 3 saturated carbocycles. The highest BCUT2D eigenvalue weighted by Crippen LogP contribution is 2.66. The normalized spacial score (nSPS) is 17.9. The zero-order chi connectivity index (χ0) is 41.4. The van der Waals surface area contributed by atoms with Gasteiger partial charge in [-0.25, -0.2) is 32.9 Å². The third-order valence-corrected chi connectivity index (χ3v) is 12.8. The lowest BCUT2D eigenvalue weighted by atomic mass is 9.43. The number of aromatic carboxylic acids is 1. The standard InChI is InChI=1S/C45H48N6O7S/c1-28-10-8-11-29(2)40(28)36-18-39(50-43(49-36)51-59(54,55)35-15-9-14-32(16-35)42(52)53)57-26-33(22-45-19-31(20-45)21-45)46-23-34-24-47-41-37(48-34)17-38(58-41)44(3,4)27-56-25-30-12-6-5-7-13-30/h5-18,24,31,33,46H,19-23,25-27H2,1-4H3,(H,52,53)(H,49,50,51). The van der Waals surface area contributed by atoms with E-state index >= 15 is 0 Å². The fraction of sp³-hybridized carbons (Fsp3) is 0.356. The van der Waals surface area contributed by atoms with Crippen molar-refractivity contribution in [1.29, 1.82) is 0 Å². The van der Waals surface area contributed by atoms with Crippen LogP contribution in [0.25, 0.3) is 22.5 Å². The number of carboxylic acid groups (broad SMARTS) is 1. The number of nitrogens with one attached hydrogen (secondary N) is 2. The fourth-order valence-electron chi connectivity index (χ4n) is 8.27. The first-order chi connectivity index (χ1) is 28.2. The molecule has 0 aliphatic heterocycles. The van der Waals surface area contributed by atoms with Gasteiger partial charge in [0.15, 0.2) is 0 Å². The predicted molar refractivity (Wildman–Crippen MR) is 223 cm³/mol. The van der Waals surface area contributed by atoms with Gasteiger partial charge >= 0.3 is 5.97 Å². The summed E-state index contributed by atoms with van der Waals surface area (Å²) in [6.45, 7) is 9.76. The van der Waals surface area contributed by atoms with Crippen molar-refractivity contribution < 1.29 is 32.2 Å². The van der Waals surface area contributed by atoms with E-state index in [4.69, 9.17) is 18.9 Å². The van der Waals surface area contributed by atoms with E-state index in [9.17, 15) is 18.3 Å². The van der Waals surface area contributed by atoms with Gasteiger partial charge in [0, 0.05) is 35.7 Å². The Kier molecular flexibility index (Phi) is 11.0. The number of hydrogen-bond acceptors (Lipinski definition) is 11. The number of sulfonamides is 1. The maximum Gasteiger partial charge on any atom is 0.335 e. The summed E-state index contributed by atoms with van der Waals surface area (Å²) in [7, 11) is -4.26. The molecule has 3 heterocycles. The Labute approximate surface area is 343 Å². The number of nitrogens with zero attached hydrogens (tertiary/aromatic N) is 4. The van der Waals surface area contributed by atoms with E-state index in [1.165, 1.54) is 37.5 Å². The highest BCUT2D eigenvalue weighted by atomic mass is 32.2. The molecule has 0 radical (unpaired) electrons. The Morgan fingerprint density at radius 1 is 0.966 bits per heavy atom. The van der Waals surface area contributed by atoms with Crippen LogP contribution in [0.3, 0.4) is 0 Å². The monoisotopic (exact) mass is 816 g/mol. The summed E-state index contributed by atoms with van der Waals surface area (Å²) >= 11 is 0. The first kappa shape index (κ1) is 40.1. The molecule has 13 nitrogen and oxygen atoms in total. The van der Waals surface area contributed by atoms with Crippen LogP contribution in [0.2, 0.25) is 0 Å². The molecule has 3 aliphatic carbocycles. The summed E-state index contributed by atoms with van der Waals surface area (Å²) in [6, 6.07) is 24.6. The Hall–Kier alpha value is -5.70. The fourth-order valence-corrected chi connectivity index (χ4v) is 9.26. The number of aryl methyl sites for hydroxylation is 2. The van der Waals surface area contributed by atoms with Crippen molar-refractivity contribution in [2.24, 2.45) is 11.3 Å². The molecule has 0 saturated heterocycles. The van der Waals surface area contributed by atoms with Crippen LogP contribution >= 0.6 is 0 Å². The molecule has 14 heteroatoms. The third kappa shape index (κ3) is 8.99. The maximum absolute atomic E-state index is 13.5. The molecule has 306 valence electrons. The van der Waals surface area contributed by atoms with Gasteiger partial charge in [0.25, 0.3) is 10.0 Å². The molecule has 1 unspecified atom stereocenters. The van der Waals surface area contributed by atoms with Gasteiger partial charge in [0.05, 0.1) is 41.3 Å². The average Bonchev–Trinajstić information content (AvgIpc) is 3.61. The Morgan fingerprint density at radius 3 is 2.42 bits per heavy atom. The molecule has 6 aromatic rings. The molecule has 2 bridgehead atoms. The minimum atomic E-state index is -4.26. The van der Waals surface area contributed by atoms with E-state index < -0.39 is 21.4 Å². The van der Waals surface area contributed by atoms with Gasteiger partial charge in [-0.2, -0.15) is 4.98 Å². The van der Waals surface area contributed by atoms with Crippen LogP contribution in [0.15, 0.2) is 100 Å². The molecule has 3 fully saturated rings. The van der Waals surface area contributed by atoms with Crippen LogP contribution in [0.1, 0.15) is 78.0 Å². The summed E-state index contributed by atoms with van der Waals surface area (Å²) in [4.78, 5) is 30.0. The number of furan rings is 1. The van der Waals surface area contributed by atoms with Gasteiger partial charge in [-0.1, -0.05) is 68.4 Å². The number of carbonyl (C=O) groups is 1.